The number of aliphatic carboxylic acids is 2. The number of nitrogens with one attached hydrogen (secondary N) is 1. The molecule has 0 bridgehead atoms. The molecule has 0 radical (unpaired) electrons. The molecule has 32 heavy (non-hydrogen) atoms. The van der Waals surface area contributed by atoms with E-state index < -0.39 is 31.3 Å². The second-order valence-electron chi connectivity index (χ2n) is 8.25. The maximum Gasteiger partial charge on any atom is 0.317 e. The highest BCUT2D eigenvalue weighted by Crippen LogP contribution is 2.36. The quantitative estimate of drug-likeness (QED) is 0.0966. The van der Waals surface area contributed by atoms with E-state index in [0.29, 0.717) is 25.1 Å². The van der Waals surface area contributed by atoms with Gasteiger partial charge in [-0.2, -0.15) is 0 Å². The normalized spacial score (nSPS) is 25.4. The average Bonchev–Trinajstić information content (AvgIpc) is 3.52. The number of aromatic nitrogens is 1. The second kappa shape index (κ2) is 11.1. The van der Waals surface area contributed by atoms with Crippen LogP contribution in [0.3, 0.4) is 0 Å². The Morgan fingerprint density at radius 3 is 2.22 bits per heavy atom. The second-order valence-corrected chi connectivity index (χ2v) is 8.25. The van der Waals surface area contributed by atoms with Gasteiger partial charge in [0.1, 0.15) is 6.10 Å². The number of epoxide rings is 1. The summed E-state index contributed by atoms with van der Waals surface area (Å²) in [4.78, 5) is 30.5. The van der Waals surface area contributed by atoms with Crippen molar-refractivity contribution in [2.75, 3.05) is 19.6 Å². The summed E-state index contributed by atoms with van der Waals surface area (Å²) in [5, 5.41) is 37.9. The topological polar surface area (TPSA) is 185 Å². The molecular formula is C20H31N5O7. The summed E-state index contributed by atoms with van der Waals surface area (Å²) in [6, 6.07) is 3.11. The summed E-state index contributed by atoms with van der Waals surface area (Å²) < 4.78 is 5.37. The molecule has 3 rings (SSSR count). The number of aliphatic hydroxyl groups excluding tert-OH is 1. The number of carboxylic acid groups (broad SMARTS) is 2. The third-order valence-corrected chi connectivity index (χ3v) is 5.90. The zero-order valence-electron chi connectivity index (χ0n) is 17.7. The number of nitrogens with two attached hydrogens (primary N) is 1. The van der Waals surface area contributed by atoms with Crippen LogP contribution in [0.15, 0.2) is 18.3 Å². The molecular weight excluding hydrogens is 422 g/mol. The molecule has 12 heteroatoms. The zero-order chi connectivity index (χ0) is 23.3. The highest BCUT2D eigenvalue weighted by Gasteiger charge is 2.40. The number of hydrogen-bond donors (Lipinski definition) is 6. The number of pyridine rings is 1. The van der Waals surface area contributed by atoms with Crippen LogP contribution in [0.25, 0.3) is 0 Å². The summed E-state index contributed by atoms with van der Waals surface area (Å²) >= 11 is 0. The Bertz CT molecular complexity index is 762. The highest BCUT2D eigenvalue weighted by atomic mass is 16.6. The van der Waals surface area contributed by atoms with Gasteiger partial charge in [-0.25, -0.2) is 5.43 Å². The van der Waals surface area contributed by atoms with Crippen molar-refractivity contribution >= 4 is 11.9 Å². The number of hydrazine groups is 1. The maximum absolute atomic E-state index is 11.4. The van der Waals surface area contributed by atoms with Crippen molar-refractivity contribution in [3.05, 3.63) is 29.6 Å². The Morgan fingerprint density at radius 2 is 1.75 bits per heavy atom. The van der Waals surface area contributed by atoms with Crippen LogP contribution in [-0.2, 0) is 20.9 Å². The number of ether oxygens (including phenoxy) is 1. The first-order chi connectivity index (χ1) is 15.3. The van der Waals surface area contributed by atoms with E-state index in [0.717, 1.165) is 18.4 Å². The van der Waals surface area contributed by atoms with Crippen molar-refractivity contribution in [1.82, 2.24) is 20.2 Å². The zero-order valence-corrected chi connectivity index (χ0v) is 17.7. The summed E-state index contributed by atoms with van der Waals surface area (Å²) in [5.41, 5.74) is 4.10. The van der Waals surface area contributed by atoms with Crippen molar-refractivity contribution in [3.63, 3.8) is 0 Å². The van der Waals surface area contributed by atoms with Crippen LogP contribution in [0.4, 0.5) is 0 Å². The van der Waals surface area contributed by atoms with Gasteiger partial charge < -0.3 is 25.2 Å². The fraction of sp³-hybridized carbons (Fsp3) is 0.650. The van der Waals surface area contributed by atoms with Gasteiger partial charge in [-0.1, -0.05) is 18.9 Å². The number of carboxylic acids is 2. The van der Waals surface area contributed by atoms with Gasteiger partial charge in [0.25, 0.3) is 0 Å². The molecule has 0 aromatic carbocycles. The largest absolute Gasteiger partial charge is 0.480 e. The Hall–Kier alpha value is -2.19. The molecule has 1 aromatic rings. The predicted molar refractivity (Wildman–Crippen MR) is 111 cm³/mol. The van der Waals surface area contributed by atoms with Crippen LogP contribution >= 0.6 is 0 Å². The first-order valence-corrected chi connectivity index (χ1v) is 10.6. The smallest absolute Gasteiger partial charge is 0.317 e. The van der Waals surface area contributed by atoms with Gasteiger partial charge in [-0.15, -0.1) is 0 Å². The van der Waals surface area contributed by atoms with Crippen molar-refractivity contribution in [1.29, 1.82) is 0 Å². The van der Waals surface area contributed by atoms with Crippen molar-refractivity contribution in [3.8, 4) is 0 Å². The molecule has 2 heterocycles. The molecule has 178 valence electrons. The first kappa shape index (κ1) is 24.5. The molecule has 12 nitrogen and oxygen atoms in total. The van der Waals surface area contributed by atoms with E-state index in [2.05, 4.69) is 10.4 Å². The van der Waals surface area contributed by atoms with E-state index in [-0.39, 0.29) is 31.0 Å². The third kappa shape index (κ3) is 6.65. The van der Waals surface area contributed by atoms with E-state index in [4.69, 9.17) is 10.6 Å². The molecule has 1 aliphatic heterocycles. The number of carbonyl (C=O) groups is 2. The van der Waals surface area contributed by atoms with Crippen LogP contribution < -0.4 is 11.3 Å². The average molecular weight is 453 g/mol. The lowest BCUT2D eigenvalue weighted by Crippen LogP contribution is -2.56. The van der Waals surface area contributed by atoms with E-state index in [1.807, 2.05) is 17.0 Å². The minimum absolute atomic E-state index is 0.0660. The number of rotatable bonds is 12. The molecule has 7 N–H and O–H groups in total. The Labute approximate surface area is 185 Å². The van der Waals surface area contributed by atoms with E-state index in [9.17, 15) is 30.0 Å². The van der Waals surface area contributed by atoms with Gasteiger partial charge >= 0.3 is 11.9 Å². The number of hydrogen-bond acceptors (Lipinski definition) is 10. The van der Waals surface area contributed by atoms with Gasteiger partial charge in [0.2, 0.25) is 0 Å². The summed E-state index contributed by atoms with van der Waals surface area (Å²) in [5.74, 6) is 3.15. The van der Waals surface area contributed by atoms with Crippen LogP contribution in [-0.4, -0.2) is 91.4 Å². The van der Waals surface area contributed by atoms with Crippen LogP contribution in [0.2, 0.25) is 0 Å². The molecule has 1 saturated carbocycles. The van der Waals surface area contributed by atoms with Crippen LogP contribution in [0, 0.1) is 0 Å². The van der Waals surface area contributed by atoms with Gasteiger partial charge in [-0.3, -0.25) is 30.2 Å². The van der Waals surface area contributed by atoms with Crippen molar-refractivity contribution < 1.29 is 34.8 Å². The minimum Gasteiger partial charge on any atom is -0.480 e. The standard InChI is InChI=1S/C20H31N5O7/c21-23-20-19(32-20)12-5-6-13(22-7-12)8-24(9-16(26)27)14-3-1-2-4-15(14)25(10-17(28)29)11-18(30)31/h5-7,14-16,19-20,23,26-27H,1-4,8-11,21H2,(H,28,29)(H,30,31)/t14-,15?,19?,20?/m0/s1. The fourth-order valence-electron chi connectivity index (χ4n) is 4.51. The van der Waals surface area contributed by atoms with Gasteiger partial charge in [-0.05, 0) is 18.9 Å². The maximum atomic E-state index is 11.4. The van der Waals surface area contributed by atoms with Gasteiger partial charge in [0.05, 0.1) is 18.8 Å². The minimum atomic E-state index is -1.60. The van der Waals surface area contributed by atoms with Crippen molar-refractivity contribution in [2.24, 2.45) is 5.84 Å². The highest BCUT2D eigenvalue weighted by molar-refractivity contribution is 5.72. The molecule has 4 atom stereocenters. The number of aliphatic hydroxyl groups is 2. The summed E-state index contributed by atoms with van der Waals surface area (Å²) in [6.07, 6.45) is 2.74. The molecule has 0 spiro atoms. The fourth-order valence-corrected chi connectivity index (χ4v) is 4.51. The molecule has 1 saturated heterocycles. The SMILES string of the molecule is NNC1OC1c1ccc(CN(CC(O)O)[C@H]2CCCCC2N(CC(=O)O)CC(=O)O)nc1. The summed E-state index contributed by atoms with van der Waals surface area (Å²) in [7, 11) is 0. The van der Waals surface area contributed by atoms with Crippen LogP contribution in [0.1, 0.15) is 43.0 Å². The molecule has 2 aliphatic rings. The van der Waals surface area contributed by atoms with E-state index in [1.54, 1.807) is 6.20 Å². The van der Waals surface area contributed by atoms with Gasteiger partial charge in [0, 0.05) is 36.9 Å². The van der Waals surface area contributed by atoms with Gasteiger partial charge in [0.15, 0.2) is 12.5 Å². The van der Waals surface area contributed by atoms with E-state index in [1.165, 1.54) is 4.90 Å². The Balaban J connectivity index is 1.77. The lowest BCUT2D eigenvalue weighted by molar-refractivity contribution is -0.144. The van der Waals surface area contributed by atoms with Crippen LogP contribution in [0.5, 0.6) is 0 Å². The van der Waals surface area contributed by atoms with Crippen molar-refractivity contribution in [2.45, 2.75) is 62.9 Å². The summed E-state index contributed by atoms with van der Waals surface area (Å²) in [6.45, 7) is -0.554. The Kier molecular flexibility index (Phi) is 8.48. The number of nitrogens with zero attached hydrogens (tertiary/aromatic N) is 3. The predicted octanol–water partition coefficient (Wildman–Crippen LogP) is -1.16. The molecule has 2 fully saturated rings. The lowest BCUT2D eigenvalue weighted by Gasteiger charge is -2.44. The Morgan fingerprint density at radius 1 is 1.12 bits per heavy atom. The van der Waals surface area contributed by atoms with E-state index >= 15 is 0 Å². The third-order valence-electron chi connectivity index (χ3n) is 5.90. The molecule has 3 unspecified atom stereocenters. The molecule has 1 aromatic heterocycles. The molecule has 1 aliphatic carbocycles. The molecule has 0 amide bonds. The monoisotopic (exact) mass is 453 g/mol. The lowest BCUT2D eigenvalue weighted by atomic mass is 9.87. The first-order valence-electron chi connectivity index (χ1n) is 10.6.